The van der Waals surface area contributed by atoms with E-state index in [0.717, 1.165) is 12.8 Å². The molecule has 0 aromatic rings. The van der Waals surface area contributed by atoms with Gasteiger partial charge in [-0.1, -0.05) is 0 Å². The summed E-state index contributed by atoms with van der Waals surface area (Å²) >= 11 is 5.88. The van der Waals surface area contributed by atoms with Crippen LogP contribution in [-0.2, 0) is 4.74 Å². The van der Waals surface area contributed by atoms with Crippen molar-refractivity contribution < 1.29 is 14.6 Å². The molecule has 1 saturated heterocycles. The summed E-state index contributed by atoms with van der Waals surface area (Å²) in [6.07, 6.45) is 1.18. The second kappa shape index (κ2) is 5.44. The average molecular weight is 264 g/mol. The van der Waals surface area contributed by atoms with Crippen LogP contribution >= 0.6 is 11.6 Å². The molecule has 1 N–H and O–H groups in total. The lowest BCUT2D eigenvalue weighted by Gasteiger charge is -2.39. The molecule has 5 heteroatoms. The molecule has 0 aromatic heterocycles. The number of hydrogen-bond donors (Lipinski definition) is 1. The molecule has 0 aliphatic carbocycles. The van der Waals surface area contributed by atoms with Crippen molar-refractivity contribution in [2.24, 2.45) is 5.41 Å². The molecule has 1 amide bonds. The molecule has 1 aliphatic heterocycles. The summed E-state index contributed by atoms with van der Waals surface area (Å²) in [4.78, 5) is 13.5. The second-order valence-corrected chi connectivity index (χ2v) is 6.03. The van der Waals surface area contributed by atoms with Gasteiger partial charge >= 0.3 is 6.09 Å². The number of hydrogen-bond acceptors (Lipinski definition) is 3. The van der Waals surface area contributed by atoms with Gasteiger partial charge < -0.3 is 14.7 Å². The zero-order valence-electron chi connectivity index (χ0n) is 10.8. The summed E-state index contributed by atoms with van der Waals surface area (Å²) in [7, 11) is 0. The second-order valence-electron chi connectivity index (χ2n) is 5.76. The van der Waals surface area contributed by atoms with Crippen LogP contribution in [0.5, 0.6) is 0 Å². The molecule has 0 unspecified atom stereocenters. The highest BCUT2D eigenvalue weighted by Gasteiger charge is 2.35. The van der Waals surface area contributed by atoms with Gasteiger partial charge in [-0.25, -0.2) is 4.79 Å². The van der Waals surface area contributed by atoms with Gasteiger partial charge in [-0.05, 0) is 33.6 Å². The van der Waals surface area contributed by atoms with E-state index >= 15 is 0 Å². The quantitative estimate of drug-likeness (QED) is 0.778. The Labute approximate surface area is 108 Å². The number of ether oxygens (including phenoxy) is 1. The molecule has 1 fully saturated rings. The Kier molecular flexibility index (Phi) is 4.67. The fraction of sp³-hybridized carbons (Fsp3) is 0.917. The van der Waals surface area contributed by atoms with E-state index in [1.807, 2.05) is 20.8 Å². The van der Waals surface area contributed by atoms with Crippen LogP contribution in [0.25, 0.3) is 0 Å². The molecule has 0 bridgehead atoms. The van der Waals surface area contributed by atoms with Gasteiger partial charge in [0.15, 0.2) is 0 Å². The number of alkyl halides is 1. The van der Waals surface area contributed by atoms with Crippen LogP contribution in [-0.4, -0.2) is 47.3 Å². The van der Waals surface area contributed by atoms with Crippen LogP contribution in [0.4, 0.5) is 4.79 Å². The highest BCUT2D eigenvalue weighted by Crippen LogP contribution is 2.32. The van der Waals surface area contributed by atoms with E-state index in [9.17, 15) is 9.90 Å². The largest absolute Gasteiger partial charge is 0.444 e. The Hall–Kier alpha value is -0.480. The summed E-state index contributed by atoms with van der Waals surface area (Å²) in [5, 5.41) is 9.33. The van der Waals surface area contributed by atoms with Gasteiger partial charge in [0, 0.05) is 31.0 Å². The number of aliphatic hydroxyl groups is 1. The Bertz CT molecular complexity index is 261. The Morgan fingerprint density at radius 1 is 1.41 bits per heavy atom. The van der Waals surface area contributed by atoms with E-state index in [-0.39, 0.29) is 18.1 Å². The minimum atomic E-state index is -0.463. The van der Waals surface area contributed by atoms with Gasteiger partial charge in [0.05, 0.1) is 0 Å². The first-order valence-electron chi connectivity index (χ1n) is 5.97. The van der Waals surface area contributed by atoms with Crippen LogP contribution in [0.1, 0.15) is 33.6 Å². The Balaban J connectivity index is 2.49. The smallest absolute Gasteiger partial charge is 0.410 e. The molecule has 17 heavy (non-hydrogen) atoms. The maximum absolute atomic E-state index is 11.8. The van der Waals surface area contributed by atoms with Crippen molar-refractivity contribution in [1.29, 1.82) is 0 Å². The zero-order chi connectivity index (χ0) is 13.1. The fourth-order valence-electron chi connectivity index (χ4n) is 1.82. The fourth-order valence-corrected chi connectivity index (χ4v) is 2.18. The van der Waals surface area contributed by atoms with E-state index in [1.54, 1.807) is 4.90 Å². The first-order chi connectivity index (χ1) is 7.82. The summed E-state index contributed by atoms with van der Waals surface area (Å²) in [6, 6.07) is 0. The standard InChI is InChI=1S/C12H22ClNO3/c1-11(2,3)17-10(16)14-6-4-12(8-13,9-15)5-7-14/h15H,4-9H2,1-3H3. The summed E-state index contributed by atoms with van der Waals surface area (Å²) < 4.78 is 5.30. The van der Waals surface area contributed by atoms with E-state index in [4.69, 9.17) is 16.3 Å². The van der Waals surface area contributed by atoms with Crippen molar-refractivity contribution in [3.63, 3.8) is 0 Å². The number of amides is 1. The van der Waals surface area contributed by atoms with Crippen molar-refractivity contribution in [3.05, 3.63) is 0 Å². The lowest BCUT2D eigenvalue weighted by Crippen LogP contribution is -2.47. The molecule has 0 radical (unpaired) electrons. The van der Waals surface area contributed by atoms with Crippen LogP contribution in [0.2, 0.25) is 0 Å². The first kappa shape index (κ1) is 14.6. The highest BCUT2D eigenvalue weighted by molar-refractivity contribution is 6.18. The maximum Gasteiger partial charge on any atom is 0.410 e. The van der Waals surface area contributed by atoms with E-state index < -0.39 is 5.60 Å². The molecule has 4 nitrogen and oxygen atoms in total. The molecule has 0 spiro atoms. The SMILES string of the molecule is CC(C)(C)OC(=O)N1CCC(CO)(CCl)CC1. The van der Waals surface area contributed by atoms with Crippen molar-refractivity contribution in [2.75, 3.05) is 25.6 Å². The third kappa shape index (κ3) is 4.03. The number of aliphatic hydroxyl groups excluding tert-OH is 1. The molecule has 1 aliphatic rings. The Morgan fingerprint density at radius 2 is 1.94 bits per heavy atom. The molecule has 100 valence electrons. The van der Waals surface area contributed by atoms with Gasteiger partial charge in [-0.15, -0.1) is 11.6 Å². The lowest BCUT2D eigenvalue weighted by molar-refractivity contribution is 0.00455. The molecule has 0 saturated carbocycles. The van der Waals surface area contributed by atoms with Gasteiger partial charge in [0.25, 0.3) is 0 Å². The number of rotatable bonds is 2. The van der Waals surface area contributed by atoms with Crippen molar-refractivity contribution >= 4 is 17.7 Å². The predicted octanol–water partition coefficient (Wildman–Crippen LogP) is 2.23. The molecule has 1 rings (SSSR count). The van der Waals surface area contributed by atoms with Crippen molar-refractivity contribution in [1.82, 2.24) is 4.90 Å². The number of carbonyl (C=O) groups is 1. The maximum atomic E-state index is 11.8. The van der Waals surface area contributed by atoms with Gasteiger partial charge in [-0.2, -0.15) is 0 Å². The minimum Gasteiger partial charge on any atom is -0.444 e. The lowest BCUT2D eigenvalue weighted by atomic mass is 9.81. The number of halogens is 1. The number of likely N-dealkylation sites (tertiary alicyclic amines) is 1. The van der Waals surface area contributed by atoms with E-state index in [0.29, 0.717) is 19.0 Å². The predicted molar refractivity (Wildman–Crippen MR) is 67.3 cm³/mol. The number of piperidine rings is 1. The minimum absolute atomic E-state index is 0.0820. The molecular weight excluding hydrogens is 242 g/mol. The summed E-state index contributed by atoms with van der Waals surface area (Å²) in [5.74, 6) is 0.436. The van der Waals surface area contributed by atoms with E-state index in [1.165, 1.54) is 0 Å². The van der Waals surface area contributed by atoms with Gasteiger partial charge in [-0.3, -0.25) is 0 Å². The monoisotopic (exact) mass is 263 g/mol. The normalized spacial score (nSPS) is 20.2. The summed E-state index contributed by atoms with van der Waals surface area (Å²) in [6.45, 7) is 6.84. The summed E-state index contributed by atoms with van der Waals surface area (Å²) in [5.41, 5.74) is -0.685. The molecular formula is C12H22ClNO3. The molecule has 0 atom stereocenters. The third-order valence-electron chi connectivity index (χ3n) is 3.09. The van der Waals surface area contributed by atoms with Crippen molar-refractivity contribution in [3.8, 4) is 0 Å². The number of nitrogens with zero attached hydrogens (tertiary/aromatic N) is 1. The third-order valence-corrected chi connectivity index (χ3v) is 3.66. The Morgan fingerprint density at radius 3 is 2.29 bits per heavy atom. The topological polar surface area (TPSA) is 49.8 Å². The molecule has 1 heterocycles. The molecule has 0 aromatic carbocycles. The highest BCUT2D eigenvalue weighted by atomic mass is 35.5. The first-order valence-corrected chi connectivity index (χ1v) is 6.50. The van der Waals surface area contributed by atoms with Crippen LogP contribution in [0.3, 0.4) is 0 Å². The van der Waals surface area contributed by atoms with Crippen molar-refractivity contribution in [2.45, 2.75) is 39.2 Å². The van der Waals surface area contributed by atoms with Gasteiger partial charge in [0.1, 0.15) is 5.60 Å². The van der Waals surface area contributed by atoms with Crippen LogP contribution in [0, 0.1) is 5.41 Å². The zero-order valence-corrected chi connectivity index (χ0v) is 11.6. The van der Waals surface area contributed by atoms with E-state index in [2.05, 4.69) is 0 Å². The van der Waals surface area contributed by atoms with Crippen LogP contribution < -0.4 is 0 Å². The van der Waals surface area contributed by atoms with Crippen LogP contribution in [0.15, 0.2) is 0 Å². The van der Waals surface area contributed by atoms with Gasteiger partial charge in [0.2, 0.25) is 0 Å². The average Bonchev–Trinajstić information content (AvgIpc) is 2.27. The number of carbonyl (C=O) groups excluding carboxylic acids is 1.